The van der Waals surface area contributed by atoms with Crippen molar-refractivity contribution in [2.75, 3.05) is 23.7 Å². The van der Waals surface area contributed by atoms with Crippen molar-refractivity contribution in [3.63, 3.8) is 0 Å². The number of nitrogens with zero attached hydrogens (tertiary/aromatic N) is 1. The van der Waals surface area contributed by atoms with Crippen LogP contribution in [0.25, 0.3) is 0 Å². The van der Waals surface area contributed by atoms with Crippen molar-refractivity contribution in [3.8, 4) is 0 Å². The Kier molecular flexibility index (Phi) is 5.82. The summed E-state index contributed by atoms with van der Waals surface area (Å²) in [5, 5.41) is 12.5. The van der Waals surface area contributed by atoms with Crippen LogP contribution in [0, 0.1) is 12.8 Å². The monoisotopic (exact) mass is 344 g/mol. The molecule has 6 heteroatoms. The van der Waals surface area contributed by atoms with Gasteiger partial charge in [0.25, 0.3) is 0 Å². The maximum Gasteiger partial charge on any atom is 0.224 e. The zero-order valence-electron chi connectivity index (χ0n) is 14.0. The van der Waals surface area contributed by atoms with Crippen LogP contribution < -0.4 is 16.0 Å². The molecule has 0 bridgehead atoms. The van der Waals surface area contributed by atoms with E-state index in [2.05, 4.69) is 20.9 Å². The number of benzene rings is 1. The molecule has 2 heterocycles. The normalized spacial score (nSPS) is 15.2. The SMILES string of the molecule is Cc1csc(Nc2cccc(NC(=O)CCC3CCNCC3)c2)n1. The van der Waals surface area contributed by atoms with E-state index in [0.717, 1.165) is 41.7 Å². The molecule has 1 saturated heterocycles. The number of hydrogen-bond donors (Lipinski definition) is 3. The van der Waals surface area contributed by atoms with Gasteiger partial charge in [-0.3, -0.25) is 4.79 Å². The quantitative estimate of drug-likeness (QED) is 0.743. The van der Waals surface area contributed by atoms with E-state index >= 15 is 0 Å². The van der Waals surface area contributed by atoms with Crippen molar-refractivity contribution in [1.82, 2.24) is 10.3 Å². The standard InChI is InChI=1S/C18H24N4OS/c1-13-12-24-18(20-13)22-16-4-2-3-15(11-16)21-17(23)6-5-14-7-9-19-10-8-14/h2-4,11-12,14,19H,5-10H2,1H3,(H,20,22)(H,21,23). The second-order valence-electron chi connectivity index (χ2n) is 6.28. The summed E-state index contributed by atoms with van der Waals surface area (Å²) >= 11 is 1.57. The van der Waals surface area contributed by atoms with Gasteiger partial charge in [-0.1, -0.05) is 6.07 Å². The van der Waals surface area contributed by atoms with E-state index in [9.17, 15) is 4.79 Å². The topological polar surface area (TPSA) is 66.0 Å². The molecule has 0 saturated carbocycles. The van der Waals surface area contributed by atoms with E-state index in [-0.39, 0.29) is 5.91 Å². The Hall–Kier alpha value is -1.92. The summed E-state index contributed by atoms with van der Waals surface area (Å²) in [7, 11) is 0. The molecule has 1 aromatic heterocycles. The molecule has 3 N–H and O–H groups in total. The third-order valence-corrected chi connectivity index (χ3v) is 5.13. The highest BCUT2D eigenvalue weighted by Crippen LogP contribution is 2.23. The molecule has 0 radical (unpaired) electrons. The second-order valence-corrected chi connectivity index (χ2v) is 7.14. The van der Waals surface area contributed by atoms with Gasteiger partial charge in [-0.15, -0.1) is 11.3 Å². The van der Waals surface area contributed by atoms with Gasteiger partial charge in [0.05, 0.1) is 5.69 Å². The molecule has 0 atom stereocenters. The maximum atomic E-state index is 12.2. The highest BCUT2D eigenvalue weighted by molar-refractivity contribution is 7.13. The molecule has 5 nitrogen and oxygen atoms in total. The first kappa shape index (κ1) is 16.9. The molecule has 1 aliphatic heterocycles. The first-order valence-electron chi connectivity index (χ1n) is 8.49. The van der Waals surface area contributed by atoms with Crippen molar-refractivity contribution in [3.05, 3.63) is 35.3 Å². The highest BCUT2D eigenvalue weighted by atomic mass is 32.1. The lowest BCUT2D eigenvalue weighted by Gasteiger charge is -2.22. The van der Waals surface area contributed by atoms with E-state index in [0.29, 0.717) is 12.3 Å². The first-order chi connectivity index (χ1) is 11.7. The minimum absolute atomic E-state index is 0.0933. The van der Waals surface area contributed by atoms with Gasteiger partial charge >= 0.3 is 0 Å². The molecule has 0 unspecified atom stereocenters. The van der Waals surface area contributed by atoms with Gasteiger partial charge in [-0.2, -0.15) is 0 Å². The third-order valence-electron chi connectivity index (χ3n) is 4.25. The van der Waals surface area contributed by atoms with Gasteiger partial charge in [0.1, 0.15) is 0 Å². The van der Waals surface area contributed by atoms with Gasteiger partial charge in [-0.05, 0) is 63.4 Å². The molecular formula is C18H24N4OS. The number of carbonyl (C=O) groups is 1. The number of anilines is 3. The van der Waals surface area contributed by atoms with Crippen LogP contribution in [0.1, 0.15) is 31.4 Å². The summed E-state index contributed by atoms with van der Waals surface area (Å²) in [5.41, 5.74) is 2.76. The molecule has 0 spiro atoms. The number of hydrogen-bond acceptors (Lipinski definition) is 5. The summed E-state index contributed by atoms with van der Waals surface area (Å²) in [6.07, 6.45) is 3.93. The Labute approximate surface area is 146 Å². The predicted octanol–water partition coefficient (Wildman–Crippen LogP) is 3.91. The van der Waals surface area contributed by atoms with Gasteiger partial charge in [0.2, 0.25) is 5.91 Å². The smallest absolute Gasteiger partial charge is 0.224 e. The molecule has 1 amide bonds. The lowest BCUT2D eigenvalue weighted by atomic mass is 9.93. The zero-order chi connectivity index (χ0) is 16.8. The molecule has 1 aromatic carbocycles. The molecule has 0 aliphatic carbocycles. The maximum absolute atomic E-state index is 12.2. The summed E-state index contributed by atoms with van der Waals surface area (Å²) in [4.78, 5) is 16.6. The molecular weight excluding hydrogens is 320 g/mol. The minimum Gasteiger partial charge on any atom is -0.331 e. The number of amides is 1. The number of thiazole rings is 1. The Bertz CT molecular complexity index is 679. The average Bonchev–Trinajstić information content (AvgIpc) is 2.99. The number of aromatic nitrogens is 1. The third kappa shape index (κ3) is 5.04. The first-order valence-corrected chi connectivity index (χ1v) is 9.37. The van der Waals surface area contributed by atoms with Crippen LogP contribution in [0.4, 0.5) is 16.5 Å². The van der Waals surface area contributed by atoms with Crippen molar-refractivity contribution >= 4 is 33.8 Å². The fourth-order valence-corrected chi connectivity index (χ4v) is 3.65. The lowest BCUT2D eigenvalue weighted by Crippen LogP contribution is -2.28. The van der Waals surface area contributed by atoms with E-state index < -0.39 is 0 Å². The number of carbonyl (C=O) groups excluding carboxylic acids is 1. The van der Waals surface area contributed by atoms with Crippen LogP contribution in [0.15, 0.2) is 29.6 Å². The Balaban J connectivity index is 1.50. The number of rotatable bonds is 6. The van der Waals surface area contributed by atoms with Gasteiger partial charge in [-0.25, -0.2) is 4.98 Å². The Morgan fingerprint density at radius 1 is 1.33 bits per heavy atom. The van der Waals surface area contributed by atoms with Crippen LogP contribution >= 0.6 is 11.3 Å². The minimum atomic E-state index is 0.0933. The molecule has 128 valence electrons. The van der Waals surface area contributed by atoms with Crippen molar-refractivity contribution in [1.29, 1.82) is 0 Å². The van der Waals surface area contributed by atoms with Crippen LogP contribution in [-0.4, -0.2) is 24.0 Å². The van der Waals surface area contributed by atoms with Crippen LogP contribution in [0.2, 0.25) is 0 Å². The van der Waals surface area contributed by atoms with Crippen molar-refractivity contribution in [2.45, 2.75) is 32.6 Å². The largest absolute Gasteiger partial charge is 0.331 e. The van der Waals surface area contributed by atoms with E-state index in [4.69, 9.17) is 0 Å². The Morgan fingerprint density at radius 3 is 2.88 bits per heavy atom. The molecule has 3 rings (SSSR count). The molecule has 1 aliphatic rings. The average molecular weight is 344 g/mol. The van der Waals surface area contributed by atoms with Crippen LogP contribution in [-0.2, 0) is 4.79 Å². The molecule has 24 heavy (non-hydrogen) atoms. The summed E-state index contributed by atoms with van der Waals surface area (Å²) in [6.45, 7) is 4.13. The van der Waals surface area contributed by atoms with Gasteiger partial charge in [0, 0.05) is 23.2 Å². The Morgan fingerprint density at radius 2 is 2.12 bits per heavy atom. The van der Waals surface area contributed by atoms with Crippen LogP contribution in [0.5, 0.6) is 0 Å². The summed E-state index contributed by atoms with van der Waals surface area (Å²) in [6, 6.07) is 7.77. The molecule has 2 aromatic rings. The van der Waals surface area contributed by atoms with E-state index in [1.807, 2.05) is 36.6 Å². The van der Waals surface area contributed by atoms with Crippen LogP contribution in [0.3, 0.4) is 0 Å². The predicted molar refractivity (Wildman–Crippen MR) is 100 cm³/mol. The van der Waals surface area contributed by atoms with Gasteiger partial charge in [0.15, 0.2) is 5.13 Å². The van der Waals surface area contributed by atoms with Crippen molar-refractivity contribution in [2.24, 2.45) is 5.92 Å². The van der Waals surface area contributed by atoms with Gasteiger partial charge < -0.3 is 16.0 Å². The second kappa shape index (κ2) is 8.26. The number of aryl methyl sites for hydroxylation is 1. The van der Waals surface area contributed by atoms with E-state index in [1.54, 1.807) is 11.3 Å². The fourth-order valence-electron chi connectivity index (χ4n) is 2.94. The summed E-state index contributed by atoms with van der Waals surface area (Å²) < 4.78 is 0. The zero-order valence-corrected chi connectivity index (χ0v) is 14.8. The summed E-state index contributed by atoms with van der Waals surface area (Å²) in [5.74, 6) is 0.772. The molecule has 1 fully saturated rings. The number of piperidine rings is 1. The fraction of sp³-hybridized carbons (Fsp3) is 0.444. The van der Waals surface area contributed by atoms with E-state index in [1.165, 1.54) is 12.8 Å². The van der Waals surface area contributed by atoms with Crippen molar-refractivity contribution < 1.29 is 4.79 Å². The highest BCUT2D eigenvalue weighted by Gasteiger charge is 2.14. The lowest BCUT2D eigenvalue weighted by molar-refractivity contribution is -0.116. The number of nitrogens with one attached hydrogen (secondary N) is 3.